The zero-order valence-corrected chi connectivity index (χ0v) is 7.21. The summed E-state index contributed by atoms with van der Waals surface area (Å²) in [5.41, 5.74) is 0. The molecule has 0 spiro atoms. The predicted molar refractivity (Wildman–Crippen MR) is 41.6 cm³/mol. The number of ether oxygens (including phenoxy) is 1. The van der Waals surface area contributed by atoms with Crippen LogP contribution in [0.2, 0.25) is 0 Å². The van der Waals surface area contributed by atoms with Crippen molar-refractivity contribution in [2.75, 3.05) is 13.7 Å². The van der Waals surface area contributed by atoms with E-state index in [2.05, 4.69) is 4.74 Å². The second-order valence-corrected chi connectivity index (χ2v) is 2.74. The van der Waals surface area contributed by atoms with Crippen molar-refractivity contribution in [1.82, 2.24) is 0 Å². The number of aliphatic hydroxyl groups is 4. The lowest BCUT2D eigenvalue weighted by Gasteiger charge is -2.23. The van der Waals surface area contributed by atoms with E-state index in [0.717, 1.165) is 0 Å². The first kappa shape index (κ1) is 11.8. The molecule has 5 heteroatoms. The minimum absolute atomic E-state index is 0.0784. The van der Waals surface area contributed by atoms with Crippen LogP contribution >= 0.6 is 0 Å². The topological polar surface area (TPSA) is 90.2 Å². The zero-order chi connectivity index (χ0) is 9.72. The van der Waals surface area contributed by atoms with E-state index in [9.17, 15) is 0 Å². The van der Waals surface area contributed by atoms with Crippen LogP contribution in [0.5, 0.6) is 0 Å². The third-order valence-electron chi connectivity index (χ3n) is 1.58. The molecule has 0 radical (unpaired) electrons. The van der Waals surface area contributed by atoms with Crippen molar-refractivity contribution in [3.8, 4) is 0 Å². The van der Waals surface area contributed by atoms with Crippen molar-refractivity contribution < 1.29 is 25.2 Å². The van der Waals surface area contributed by atoms with Gasteiger partial charge in [0.15, 0.2) is 0 Å². The lowest BCUT2D eigenvalue weighted by molar-refractivity contribution is -0.114. The predicted octanol–water partition coefficient (Wildman–Crippen LogP) is -1.90. The second-order valence-electron chi connectivity index (χ2n) is 2.74. The maximum Gasteiger partial charge on any atom is 0.110 e. The fourth-order valence-electron chi connectivity index (χ4n) is 0.782. The van der Waals surface area contributed by atoms with Crippen LogP contribution in [0.3, 0.4) is 0 Å². The summed E-state index contributed by atoms with van der Waals surface area (Å²) < 4.78 is 4.55. The largest absolute Gasteiger partial charge is 0.391 e. The zero-order valence-electron chi connectivity index (χ0n) is 7.21. The Hall–Kier alpha value is -0.200. The Kier molecular flexibility index (Phi) is 5.36. The van der Waals surface area contributed by atoms with E-state index in [-0.39, 0.29) is 6.61 Å². The highest BCUT2D eigenvalue weighted by Gasteiger charge is 2.27. The molecule has 0 heterocycles. The van der Waals surface area contributed by atoms with Crippen LogP contribution in [0.4, 0.5) is 0 Å². The molecule has 0 aliphatic carbocycles. The molecule has 0 rings (SSSR count). The fraction of sp³-hybridized carbons (Fsp3) is 1.00. The number of methoxy groups -OCH3 is 1. The van der Waals surface area contributed by atoms with E-state index < -0.39 is 24.4 Å². The van der Waals surface area contributed by atoms with Gasteiger partial charge >= 0.3 is 0 Å². The molecule has 0 amide bonds. The first-order valence-electron chi connectivity index (χ1n) is 3.72. The summed E-state index contributed by atoms with van der Waals surface area (Å²) >= 11 is 0. The fourth-order valence-corrected chi connectivity index (χ4v) is 0.782. The molecule has 4 unspecified atom stereocenters. The highest BCUT2D eigenvalue weighted by Crippen LogP contribution is 2.04. The Morgan fingerprint density at radius 3 is 1.92 bits per heavy atom. The number of hydrogen-bond acceptors (Lipinski definition) is 5. The Labute approximate surface area is 71.2 Å². The highest BCUT2D eigenvalue weighted by atomic mass is 16.5. The molecule has 0 aromatic rings. The lowest BCUT2D eigenvalue weighted by atomic mass is 10.0. The minimum Gasteiger partial charge on any atom is -0.391 e. The summed E-state index contributed by atoms with van der Waals surface area (Å²) in [6, 6.07) is 0. The molecule has 0 bridgehead atoms. The van der Waals surface area contributed by atoms with Crippen molar-refractivity contribution in [3.63, 3.8) is 0 Å². The van der Waals surface area contributed by atoms with Gasteiger partial charge in [-0.3, -0.25) is 0 Å². The number of hydrogen-bond donors (Lipinski definition) is 4. The summed E-state index contributed by atoms with van der Waals surface area (Å²) in [7, 11) is 1.37. The second kappa shape index (κ2) is 5.45. The number of rotatable bonds is 5. The van der Waals surface area contributed by atoms with E-state index >= 15 is 0 Å². The maximum atomic E-state index is 9.15. The van der Waals surface area contributed by atoms with Crippen molar-refractivity contribution >= 4 is 0 Å². The van der Waals surface area contributed by atoms with Gasteiger partial charge in [0.1, 0.15) is 18.3 Å². The molecule has 0 aromatic heterocycles. The lowest BCUT2D eigenvalue weighted by Crippen LogP contribution is -2.45. The molecule has 0 aromatic carbocycles. The molecule has 4 N–H and O–H groups in total. The SMILES string of the molecule is COCC(O)C(O)C(O)C(C)O. The van der Waals surface area contributed by atoms with Crippen LogP contribution < -0.4 is 0 Å². The van der Waals surface area contributed by atoms with Gasteiger partial charge in [0.25, 0.3) is 0 Å². The van der Waals surface area contributed by atoms with Gasteiger partial charge in [-0.25, -0.2) is 0 Å². The Balaban J connectivity index is 3.90. The molecule has 74 valence electrons. The van der Waals surface area contributed by atoms with Gasteiger partial charge in [0, 0.05) is 7.11 Å². The van der Waals surface area contributed by atoms with E-state index in [1.54, 1.807) is 0 Å². The van der Waals surface area contributed by atoms with Crippen molar-refractivity contribution in [2.24, 2.45) is 0 Å². The van der Waals surface area contributed by atoms with Crippen LogP contribution in [0, 0.1) is 0 Å². The maximum absolute atomic E-state index is 9.15. The van der Waals surface area contributed by atoms with E-state index in [1.807, 2.05) is 0 Å². The highest BCUT2D eigenvalue weighted by molar-refractivity contribution is 4.78. The molecular weight excluding hydrogens is 164 g/mol. The van der Waals surface area contributed by atoms with Crippen LogP contribution in [-0.2, 0) is 4.74 Å². The van der Waals surface area contributed by atoms with Crippen LogP contribution in [-0.4, -0.2) is 58.6 Å². The van der Waals surface area contributed by atoms with E-state index in [1.165, 1.54) is 14.0 Å². The summed E-state index contributed by atoms with van der Waals surface area (Å²) in [5.74, 6) is 0. The van der Waals surface area contributed by atoms with E-state index in [0.29, 0.717) is 0 Å². The first-order valence-corrected chi connectivity index (χ1v) is 3.72. The summed E-state index contributed by atoms with van der Waals surface area (Å²) in [5, 5.41) is 36.2. The Bertz CT molecular complexity index is 116. The molecule has 0 aliphatic heterocycles. The third kappa shape index (κ3) is 3.46. The normalized spacial score (nSPS) is 21.5. The average molecular weight is 180 g/mol. The molecule has 0 saturated carbocycles. The summed E-state index contributed by atoms with van der Waals surface area (Å²) in [4.78, 5) is 0. The van der Waals surface area contributed by atoms with Gasteiger partial charge in [0.2, 0.25) is 0 Å². The minimum atomic E-state index is -1.38. The van der Waals surface area contributed by atoms with Crippen molar-refractivity contribution in [1.29, 1.82) is 0 Å². The molecular formula is C7H16O5. The first-order chi connectivity index (χ1) is 5.50. The van der Waals surface area contributed by atoms with Crippen LogP contribution in [0.25, 0.3) is 0 Å². The summed E-state index contributed by atoms with van der Waals surface area (Å²) in [6.07, 6.45) is -4.99. The quantitative estimate of drug-likeness (QED) is 0.396. The molecule has 12 heavy (non-hydrogen) atoms. The average Bonchev–Trinajstić information content (AvgIpc) is 2.02. The van der Waals surface area contributed by atoms with Gasteiger partial charge in [-0.1, -0.05) is 0 Å². The standard InChI is InChI=1S/C7H16O5/c1-4(8)6(10)7(11)5(9)3-12-2/h4-11H,3H2,1-2H3. The molecule has 5 nitrogen and oxygen atoms in total. The number of aliphatic hydroxyl groups excluding tert-OH is 4. The van der Waals surface area contributed by atoms with Gasteiger partial charge < -0.3 is 25.2 Å². The van der Waals surface area contributed by atoms with Gasteiger partial charge in [0.05, 0.1) is 12.7 Å². The third-order valence-corrected chi connectivity index (χ3v) is 1.58. The van der Waals surface area contributed by atoms with Gasteiger partial charge in [-0.15, -0.1) is 0 Å². The molecule has 4 atom stereocenters. The monoisotopic (exact) mass is 180 g/mol. The molecule has 0 fully saturated rings. The smallest absolute Gasteiger partial charge is 0.110 e. The van der Waals surface area contributed by atoms with Crippen LogP contribution in [0.1, 0.15) is 6.92 Å². The summed E-state index contributed by atoms with van der Waals surface area (Å²) in [6.45, 7) is 1.25. The molecule has 0 aliphatic rings. The van der Waals surface area contributed by atoms with Crippen molar-refractivity contribution in [3.05, 3.63) is 0 Å². The van der Waals surface area contributed by atoms with E-state index in [4.69, 9.17) is 20.4 Å². The van der Waals surface area contributed by atoms with Crippen LogP contribution in [0.15, 0.2) is 0 Å². The van der Waals surface area contributed by atoms with Gasteiger partial charge in [-0.05, 0) is 6.92 Å². The molecule has 0 saturated heterocycles. The Morgan fingerprint density at radius 1 is 1.08 bits per heavy atom. The van der Waals surface area contributed by atoms with Crippen molar-refractivity contribution in [2.45, 2.75) is 31.3 Å². The van der Waals surface area contributed by atoms with Gasteiger partial charge in [-0.2, -0.15) is 0 Å². The Morgan fingerprint density at radius 2 is 1.58 bits per heavy atom.